The maximum Gasteiger partial charge on any atom is 0.274 e. The van der Waals surface area contributed by atoms with E-state index in [1.165, 1.54) is 5.56 Å². The van der Waals surface area contributed by atoms with Crippen molar-refractivity contribution < 1.29 is 9.53 Å². The van der Waals surface area contributed by atoms with Crippen LogP contribution in [0.3, 0.4) is 0 Å². The fourth-order valence-corrected chi connectivity index (χ4v) is 4.77. The lowest BCUT2D eigenvalue weighted by Gasteiger charge is -2.31. The number of ether oxygens (including phenoxy) is 1. The van der Waals surface area contributed by atoms with Crippen LogP contribution in [-0.4, -0.2) is 99.6 Å². The first-order valence-electron chi connectivity index (χ1n) is 12.4. The average Bonchev–Trinajstić information content (AvgIpc) is 3.57. The smallest absolute Gasteiger partial charge is 0.274 e. The molecular formula is C26H30N8O2. The van der Waals surface area contributed by atoms with Gasteiger partial charge in [-0.25, -0.2) is 9.67 Å². The number of hydrogen-bond acceptors (Lipinski definition) is 7. The minimum absolute atomic E-state index is 0.0519. The molecule has 10 nitrogen and oxygen atoms in total. The summed E-state index contributed by atoms with van der Waals surface area (Å²) >= 11 is 0. The van der Waals surface area contributed by atoms with Crippen LogP contribution in [0.5, 0.6) is 0 Å². The Morgan fingerprint density at radius 3 is 2.53 bits per heavy atom. The van der Waals surface area contributed by atoms with Gasteiger partial charge in [0.25, 0.3) is 5.91 Å². The van der Waals surface area contributed by atoms with Gasteiger partial charge in [0.05, 0.1) is 18.9 Å². The summed E-state index contributed by atoms with van der Waals surface area (Å²) < 4.78 is 9.14. The van der Waals surface area contributed by atoms with Crippen LogP contribution >= 0.6 is 0 Å². The molecule has 0 radical (unpaired) electrons. The number of carbonyl (C=O) groups excluding carboxylic acids is 1. The predicted octanol–water partition coefficient (Wildman–Crippen LogP) is 2.11. The van der Waals surface area contributed by atoms with Crippen LogP contribution in [0.25, 0.3) is 22.7 Å². The molecule has 3 aromatic heterocycles. The van der Waals surface area contributed by atoms with Crippen LogP contribution in [0.1, 0.15) is 16.1 Å². The number of likely N-dealkylation sites (N-methyl/N-ethyl adjacent to an activating group) is 1. The molecule has 2 saturated heterocycles. The van der Waals surface area contributed by atoms with Gasteiger partial charge in [-0.1, -0.05) is 23.8 Å². The van der Waals surface area contributed by atoms with Gasteiger partial charge in [-0.05, 0) is 26.1 Å². The zero-order chi connectivity index (χ0) is 24.6. The first-order chi connectivity index (χ1) is 17.5. The largest absolute Gasteiger partial charge is 0.378 e. The second-order valence-electron chi connectivity index (χ2n) is 9.48. The molecule has 2 fully saturated rings. The molecule has 0 N–H and O–H groups in total. The molecule has 36 heavy (non-hydrogen) atoms. The molecule has 0 bridgehead atoms. The SMILES string of the molecule is Cc1cccc(-c2ccn(-c3cc(N4CCOCC4)n4nc(C(=O)N5CCN(C)CC5)cc4n3)n2)c1. The number of morpholine rings is 1. The molecule has 2 aliphatic heterocycles. The number of carbonyl (C=O) groups is 1. The Balaban J connectivity index is 1.39. The Morgan fingerprint density at radius 1 is 0.944 bits per heavy atom. The van der Waals surface area contributed by atoms with E-state index in [0.29, 0.717) is 43.5 Å². The van der Waals surface area contributed by atoms with Gasteiger partial charge in [0.1, 0.15) is 5.82 Å². The van der Waals surface area contributed by atoms with Crippen LogP contribution in [0.2, 0.25) is 0 Å². The molecule has 0 atom stereocenters. The number of rotatable bonds is 4. The molecule has 0 unspecified atom stereocenters. The molecule has 2 aliphatic rings. The van der Waals surface area contributed by atoms with Gasteiger partial charge < -0.3 is 19.4 Å². The number of aryl methyl sites for hydroxylation is 1. The lowest BCUT2D eigenvalue weighted by molar-refractivity contribution is 0.0658. The van der Waals surface area contributed by atoms with Crippen LogP contribution in [0.15, 0.2) is 48.7 Å². The Bertz CT molecular complexity index is 1400. The summed E-state index contributed by atoms with van der Waals surface area (Å²) in [5.74, 6) is 1.51. The molecular weight excluding hydrogens is 456 g/mol. The summed E-state index contributed by atoms with van der Waals surface area (Å²) in [4.78, 5) is 24.4. The normalized spacial score (nSPS) is 17.2. The molecule has 6 rings (SSSR count). The van der Waals surface area contributed by atoms with Crippen molar-refractivity contribution in [1.82, 2.24) is 34.2 Å². The average molecular weight is 487 g/mol. The van der Waals surface area contributed by atoms with Crippen molar-refractivity contribution in [3.8, 4) is 17.1 Å². The summed E-state index contributed by atoms with van der Waals surface area (Å²) in [5, 5.41) is 9.53. The molecule has 0 saturated carbocycles. The molecule has 1 aromatic carbocycles. The number of fused-ring (bicyclic) bond motifs is 1. The van der Waals surface area contributed by atoms with Gasteiger partial charge in [-0.15, -0.1) is 0 Å². The number of hydrogen-bond donors (Lipinski definition) is 0. The van der Waals surface area contributed by atoms with Crippen LogP contribution in [-0.2, 0) is 4.74 Å². The summed E-state index contributed by atoms with van der Waals surface area (Å²) in [6.45, 7) is 7.99. The summed E-state index contributed by atoms with van der Waals surface area (Å²) in [7, 11) is 2.08. The first kappa shape index (κ1) is 22.7. The lowest BCUT2D eigenvalue weighted by Crippen LogP contribution is -2.47. The topological polar surface area (TPSA) is 84.0 Å². The molecule has 0 aliphatic carbocycles. The van der Waals surface area contributed by atoms with E-state index in [-0.39, 0.29) is 5.91 Å². The lowest BCUT2D eigenvalue weighted by atomic mass is 10.1. The van der Waals surface area contributed by atoms with E-state index < -0.39 is 0 Å². The Labute approximate surface area is 209 Å². The molecule has 186 valence electrons. The van der Waals surface area contributed by atoms with E-state index in [1.807, 2.05) is 29.3 Å². The minimum atomic E-state index is -0.0519. The van der Waals surface area contributed by atoms with Gasteiger partial charge in [0.2, 0.25) is 0 Å². The minimum Gasteiger partial charge on any atom is -0.378 e. The van der Waals surface area contributed by atoms with Crippen LogP contribution in [0, 0.1) is 6.92 Å². The van der Waals surface area contributed by atoms with Crippen molar-refractivity contribution in [1.29, 1.82) is 0 Å². The number of aromatic nitrogens is 5. The Hall–Kier alpha value is -3.76. The quantitative estimate of drug-likeness (QED) is 0.437. The molecule has 10 heteroatoms. The highest BCUT2D eigenvalue weighted by Crippen LogP contribution is 2.24. The molecule has 4 aromatic rings. The fourth-order valence-electron chi connectivity index (χ4n) is 4.77. The van der Waals surface area contributed by atoms with E-state index in [0.717, 1.165) is 43.3 Å². The van der Waals surface area contributed by atoms with Crippen molar-refractivity contribution in [2.45, 2.75) is 6.92 Å². The third-order valence-electron chi connectivity index (χ3n) is 6.88. The van der Waals surface area contributed by atoms with Crippen molar-refractivity contribution in [3.05, 3.63) is 59.9 Å². The van der Waals surface area contributed by atoms with Gasteiger partial charge in [0.15, 0.2) is 17.2 Å². The highest BCUT2D eigenvalue weighted by atomic mass is 16.5. The maximum absolute atomic E-state index is 13.3. The van der Waals surface area contributed by atoms with Crippen molar-refractivity contribution in [2.24, 2.45) is 0 Å². The third-order valence-corrected chi connectivity index (χ3v) is 6.88. The van der Waals surface area contributed by atoms with Crippen molar-refractivity contribution in [3.63, 3.8) is 0 Å². The molecule has 0 spiro atoms. The number of amides is 1. The van der Waals surface area contributed by atoms with E-state index in [9.17, 15) is 4.79 Å². The Morgan fingerprint density at radius 2 is 1.75 bits per heavy atom. The third kappa shape index (κ3) is 4.33. The fraction of sp³-hybridized carbons (Fsp3) is 0.385. The summed E-state index contributed by atoms with van der Waals surface area (Å²) in [5.41, 5.74) is 4.17. The summed E-state index contributed by atoms with van der Waals surface area (Å²) in [6.07, 6.45) is 1.92. The summed E-state index contributed by atoms with van der Waals surface area (Å²) in [6, 6.07) is 14.1. The first-order valence-corrected chi connectivity index (χ1v) is 12.4. The highest BCUT2D eigenvalue weighted by Gasteiger charge is 2.25. The van der Waals surface area contributed by atoms with Gasteiger partial charge in [-0.3, -0.25) is 4.79 Å². The number of nitrogens with zero attached hydrogens (tertiary/aromatic N) is 8. The zero-order valence-electron chi connectivity index (χ0n) is 20.7. The zero-order valence-corrected chi connectivity index (χ0v) is 20.7. The second kappa shape index (κ2) is 9.36. The van der Waals surface area contributed by atoms with Crippen LogP contribution in [0.4, 0.5) is 5.82 Å². The number of benzene rings is 1. The van der Waals surface area contributed by atoms with E-state index in [1.54, 1.807) is 15.3 Å². The second-order valence-corrected chi connectivity index (χ2v) is 9.48. The van der Waals surface area contributed by atoms with Crippen molar-refractivity contribution in [2.75, 3.05) is 64.4 Å². The molecule has 1 amide bonds. The van der Waals surface area contributed by atoms with E-state index >= 15 is 0 Å². The van der Waals surface area contributed by atoms with Gasteiger partial charge >= 0.3 is 0 Å². The van der Waals surface area contributed by atoms with Crippen LogP contribution < -0.4 is 4.90 Å². The standard InChI is InChI=1S/C26H30N8O2/c1-19-4-3-5-20(16-19)21-6-7-33(28-21)23-18-25(31-12-14-36-15-13-31)34-24(27-23)17-22(29-34)26(35)32-10-8-30(2)9-11-32/h3-7,16-18H,8-15H2,1-2H3. The van der Waals surface area contributed by atoms with Gasteiger partial charge in [-0.2, -0.15) is 14.7 Å². The predicted molar refractivity (Wildman–Crippen MR) is 137 cm³/mol. The number of piperazine rings is 1. The Kier molecular flexibility index (Phi) is 5.90. The van der Waals surface area contributed by atoms with E-state index in [2.05, 4.69) is 42.0 Å². The highest BCUT2D eigenvalue weighted by molar-refractivity contribution is 5.93. The van der Waals surface area contributed by atoms with Crippen molar-refractivity contribution >= 4 is 17.4 Å². The maximum atomic E-state index is 13.3. The van der Waals surface area contributed by atoms with Gasteiger partial charge in [0, 0.05) is 63.2 Å². The van der Waals surface area contributed by atoms with E-state index in [4.69, 9.17) is 19.9 Å². The number of anilines is 1. The monoisotopic (exact) mass is 486 g/mol. The molecule has 5 heterocycles.